The average molecular weight is 194 g/mol. The van der Waals surface area contributed by atoms with Crippen molar-refractivity contribution >= 4 is 12.2 Å². The van der Waals surface area contributed by atoms with E-state index in [1.165, 1.54) is 6.92 Å². The molecule has 1 aromatic heterocycles. The van der Waals surface area contributed by atoms with Gasteiger partial charge in [0.15, 0.2) is 0 Å². The van der Waals surface area contributed by atoms with E-state index in [4.69, 9.17) is 0 Å². The Morgan fingerprint density at radius 2 is 2.08 bits per heavy atom. The number of hydrogen-bond acceptors (Lipinski definition) is 2. The molecule has 0 aliphatic rings. The van der Waals surface area contributed by atoms with Crippen LogP contribution in [0.15, 0.2) is 6.07 Å². The van der Waals surface area contributed by atoms with Crippen LogP contribution in [-0.2, 0) is 6.18 Å². The summed E-state index contributed by atoms with van der Waals surface area (Å²) in [5, 5.41) is 5.64. The molecule has 0 fully saturated rings. The molecule has 0 atom stereocenters. The van der Waals surface area contributed by atoms with Gasteiger partial charge in [-0.15, -0.1) is 0 Å². The number of hydrogen-bond donors (Lipinski definition) is 1. The minimum atomic E-state index is -4.40. The molecule has 0 saturated carbocycles. The number of halogens is 3. The van der Waals surface area contributed by atoms with Gasteiger partial charge in [-0.3, -0.25) is 5.10 Å². The predicted molar refractivity (Wildman–Crippen MR) is 39.2 cm³/mol. The van der Waals surface area contributed by atoms with Gasteiger partial charge in [0.1, 0.15) is 4.64 Å². The lowest BCUT2D eigenvalue weighted by Gasteiger charge is -2.05. The summed E-state index contributed by atoms with van der Waals surface area (Å²) in [6.45, 7) is 1.46. The Balaban J connectivity index is 3.33. The molecule has 0 saturated heterocycles. The van der Waals surface area contributed by atoms with Crippen LogP contribution in [0.1, 0.15) is 11.3 Å². The predicted octanol–water partition coefficient (Wildman–Crippen LogP) is 2.47. The number of aromatic amines is 1. The quantitative estimate of drug-likeness (QED) is 0.642. The van der Waals surface area contributed by atoms with Gasteiger partial charge in [-0.2, -0.15) is 18.3 Å². The Morgan fingerprint density at radius 3 is 2.50 bits per heavy atom. The first kappa shape index (κ1) is 9.18. The first-order valence-electron chi connectivity index (χ1n) is 3.05. The summed E-state index contributed by atoms with van der Waals surface area (Å²) in [6, 6.07) is 0.916. The van der Waals surface area contributed by atoms with Crippen molar-refractivity contribution in [3.05, 3.63) is 22.0 Å². The first-order valence-corrected chi connectivity index (χ1v) is 3.45. The fourth-order valence-electron chi connectivity index (χ4n) is 0.716. The Bertz CT molecular complexity index is 341. The third kappa shape index (κ3) is 1.82. The van der Waals surface area contributed by atoms with Crippen LogP contribution >= 0.6 is 12.2 Å². The van der Waals surface area contributed by atoms with Gasteiger partial charge in [-0.25, -0.2) is 0 Å². The highest BCUT2D eigenvalue weighted by atomic mass is 32.1. The van der Waals surface area contributed by atoms with Gasteiger partial charge < -0.3 is 0 Å². The van der Waals surface area contributed by atoms with Crippen molar-refractivity contribution < 1.29 is 13.2 Å². The number of aryl methyl sites for hydroxylation is 1. The molecule has 0 aliphatic heterocycles. The van der Waals surface area contributed by atoms with Gasteiger partial charge in [0, 0.05) is 0 Å². The second-order valence-corrected chi connectivity index (χ2v) is 2.66. The van der Waals surface area contributed by atoms with Gasteiger partial charge in [-0.05, 0) is 13.0 Å². The summed E-state index contributed by atoms with van der Waals surface area (Å²) in [6.07, 6.45) is -4.40. The van der Waals surface area contributed by atoms with E-state index < -0.39 is 11.7 Å². The summed E-state index contributed by atoms with van der Waals surface area (Å²) in [7, 11) is 0. The molecule has 0 amide bonds. The number of nitrogens with one attached hydrogen (secondary N) is 1. The fraction of sp³-hybridized carbons (Fsp3) is 0.333. The zero-order valence-corrected chi connectivity index (χ0v) is 6.88. The molecule has 6 heteroatoms. The molecule has 1 N–H and O–H groups in total. The maximum Gasteiger partial charge on any atom is 0.419 e. The molecule has 0 bridgehead atoms. The lowest BCUT2D eigenvalue weighted by Crippen LogP contribution is -2.08. The van der Waals surface area contributed by atoms with Crippen LogP contribution in [0.5, 0.6) is 0 Å². The minimum Gasteiger partial charge on any atom is -0.267 e. The standard InChI is InChI=1S/C6H5F3N2S/c1-3-2-4(6(7,8)9)5(12)11-10-3/h2H,1H3,(H,11,12). The SMILES string of the molecule is Cc1cc(C(F)(F)F)c(=S)[nH]n1. The Morgan fingerprint density at radius 1 is 1.50 bits per heavy atom. The molecule has 66 valence electrons. The third-order valence-electron chi connectivity index (χ3n) is 1.24. The van der Waals surface area contributed by atoms with E-state index in [-0.39, 0.29) is 10.3 Å². The van der Waals surface area contributed by atoms with E-state index in [1.807, 2.05) is 0 Å². The van der Waals surface area contributed by atoms with Crippen LogP contribution in [0, 0.1) is 11.6 Å². The smallest absolute Gasteiger partial charge is 0.267 e. The van der Waals surface area contributed by atoms with Crippen molar-refractivity contribution in [3.63, 3.8) is 0 Å². The van der Waals surface area contributed by atoms with Crippen LogP contribution in [0.2, 0.25) is 0 Å². The molecule has 0 spiro atoms. The summed E-state index contributed by atoms with van der Waals surface area (Å²) in [5.41, 5.74) is -0.582. The minimum absolute atomic E-state index is 0.260. The topological polar surface area (TPSA) is 28.7 Å². The maximum absolute atomic E-state index is 12.1. The van der Waals surface area contributed by atoms with E-state index in [0.29, 0.717) is 0 Å². The van der Waals surface area contributed by atoms with Crippen LogP contribution < -0.4 is 0 Å². The number of alkyl halides is 3. The average Bonchev–Trinajstić information content (AvgIpc) is 1.92. The van der Waals surface area contributed by atoms with E-state index in [9.17, 15) is 13.2 Å². The molecule has 0 aliphatic carbocycles. The highest BCUT2D eigenvalue weighted by Gasteiger charge is 2.32. The van der Waals surface area contributed by atoms with Crippen LogP contribution in [0.25, 0.3) is 0 Å². The largest absolute Gasteiger partial charge is 0.419 e. The lowest BCUT2D eigenvalue weighted by molar-refractivity contribution is -0.138. The van der Waals surface area contributed by atoms with Gasteiger partial charge in [-0.1, -0.05) is 12.2 Å². The zero-order chi connectivity index (χ0) is 9.35. The monoisotopic (exact) mass is 194 g/mol. The second-order valence-electron chi connectivity index (χ2n) is 2.25. The first-order chi connectivity index (χ1) is 5.41. The maximum atomic E-state index is 12.1. The number of rotatable bonds is 0. The van der Waals surface area contributed by atoms with Crippen molar-refractivity contribution in [1.82, 2.24) is 10.2 Å². The highest BCUT2D eigenvalue weighted by molar-refractivity contribution is 7.71. The molecule has 1 heterocycles. The van der Waals surface area contributed by atoms with Gasteiger partial charge in [0.25, 0.3) is 0 Å². The van der Waals surface area contributed by atoms with Crippen molar-refractivity contribution in [3.8, 4) is 0 Å². The van der Waals surface area contributed by atoms with Crippen molar-refractivity contribution in [2.45, 2.75) is 13.1 Å². The number of nitrogens with zero attached hydrogens (tertiary/aromatic N) is 1. The zero-order valence-electron chi connectivity index (χ0n) is 6.07. The number of H-pyrrole nitrogens is 1. The van der Waals surface area contributed by atoms with E-state index in [1.54, 1.807) is 0 Å². The molecule has 12 heavy (non-hydrogen) atoms. The van der Waals surface area contributed by atoms with Crippen molar-refractivity contribution in [1.29, 1.82) is 0 Å². The summed E-state index contributed by atoms with van der Waals surface area (Å²) in [4.78, 5) is 0. The van der Waals surface area contributed by atoms with E-state index >= 15 is 0 Å². The van der Waals surface area contributed by atoms with Gasteiger partial charge >= 0.3 is 6.18 Å². The van der Waals surface area contributed by atoms with Crippen molar-refractivity contribution in [2.75, 3.05) is 0 Å². The van der Waals surface area contributed by atoms with Crippen molar-refractivity contribution in [2.24, 2.45) is 0 Å². The summed E-state index contributed by atoms with van der Waals surface area (Å²) >= 11 is 4.42. The molecule has 0 aromatic carbocycles. The Kier molecular flexibility index (Phi) is 2.18. The molecule has 0 unspecified atom stereocenters. The molecule has 0 radical (unpaired) electrons. The van der Waals surface area contributed by atoms with E-state index in [2.05, 4.69) is 22.4 Å². The third-order valence-corrected chi connectivity index (χ3v) is 1.55. The highest BCUT2D eigenvalue weighted by Crippen LogP contribution is 2.29. The molecule has 2 nitrogen and oxygen atoms in total. The Hall–Kier alpha value is -0.910. The van der Waals surface area contributed by atoms with Crippen LogP contribution in [0.3, 0.4) is 0 Å². The normalized spacial score (nSPS) is 11.7. The molecular weight excluding hydrogens is 189 g/mol. The van der Waals surface area contributed by atoms with Gasteiger partial charge in [0.2, 0.25) is 0 Å². The summed E-state index contributed by atoms with van der Waals surface area (Å²) < 4.78 is 36.0. The number of aromatic nitrogens is 2. The van der Waals surface area contributed by atoms with Crippen LogP contribution in [0.4, 0.5) is 13.2 Å². The molecular formula is C6H5F3N2S. The molecule has 1 aromatic rings. The van der Waals surface area contributed by atoms with E-state index in [0.717, 1.165) is 6.07 Å². The van der Waals surface area contributed by atoms with Crippen LogP contribution in [-0.4, -0.2) is 10.2 Å². The molecule has 1 rings (SSSR count). The lowest BCUT2D eigenvalue weighted by atomic mass is 10.2. The van der Waals surface area contributed by atoms with Gasteiger partial charge in [0.05, 0.1) is 11.3 Å². The fourth-order valence-corrected chi connectivity index (χ4v) is 0.937. The summed E-state index contributed by atoms with van der Waals surface area (Å²) in [5.74, 6) is 0. The Labute approximate surface area is 71.4 Å². The second kappa shape index (κ2) is 2.85.